The Morgan fingerprint density at radius 1 is 0.608 bits per heavy atom. The molecule has 19 N–H and O–H groups in total. The molecule has 0 aliphatic rings. The number of carboxylic acid groups (broad SMARTS) is 1. The van der Waals surface area contributed by atoms with Gasteiger partial charge in [-0.15, -0.1) is 0 Å². The van der Waals surface area contributed by atoms with Crippen molar-refractivity contribution >= 4 is 81.6 Å². The van der Waals surface area contributed by atoms with Gasteiger partial charge in [0.25, 0.3) is 0 Å². The Labute approximate surface area is 433 Å². The highest BCUT2D eigenvalue weighted by molar-refractivity contribution is 7.84. The van der Waals surface area contributed by atoms with Crippen LogP contribution in [0, 0.1) is 17.8 Å². The maximum Gasteiger partial charge on any atom is 0.331 e. The molecule has 0 heterocycles. The first-order chi connectivity index (χ1) is 34.5. The predicted octanol–water partition coefficient (Wildman–Crippen LogP) is -6.15. The molecule has 28 nitrogen and oxygen atoms in total. The zero-order valence-corrected chi connectivity index (χ0v) is 44.4. The fourth-order valence-corrected chi connectivity index (χ4v) is 7.52. The number of primary amides is 1. The molecule has 0 aliphatic heterocycles. The van der Waals surface area contributed by atoms with Crippen molar-refractivity contribution in [3.05, 3.63) is 0 Å². The van der Waals surface area contributed by atoms with E-state index in [2.05, 4.69) is 47.9 Å². The third-order valence-corrected chi connectivity index (χ3v) is 12.6. The van der Waals surface area contributed by atoms with Crippen LogP contribution < -0.4 is 70.8 Å². The average Bonchev–Trinajstić information content (AvgIpc) is 3.34. The van der Waals surface area contributed by atoms with Crippen molar-refractivity contribution in [3.63, 3.8) is 0 Å². The van der Waals surface area contributed by atoms with Gasteiger partial charge in [0.2, 0.25) is 59.1 Å². The molecule has 2 unspecified atom stereocenters. The van der Waals surface area contributed by atoms with Gasteiger partial charge in [-0.3, -0.25) is 56.9 Å². The van der Waals surface area contributed by atoms with E-state index in [-0.39, 0.29) is 31.1 Å². The van der Waals surface area contributed by atoms with Crippen molar-refractivity contribution in [2.45, 2.75) is 148 Å². The van der Waals surface area contributed by atoms with Gasteiger partial charge >= 0.3 is 5.97 Å². The van der Waals surface area contributed by atoms with Gasteiger partial charge in [0.1, 0.15) is 36.3 Å². The summed E-state index contributed by atoms with van der Waals surface area (Å²) in [5.41, 5.74) is 19.7. The molecule has 0 rings (SSSR count). The molecule has 422 valence electrons. The number of aliphatic hydroxyl groups is 1. The van der Waals surface area contributed by atoms with Crippen molar-refractivity contribution in [1.82, 2.24) is 47.9 Å². The minimum atomic E-state index is -2.46. The van der Waals surface area contributed by atoms with Crippen molar-refractivity contribution < 1.29 is 72.0 Å². The molecule has 0 spiro atoms. The number of nitrogens with one attached hydrogen (secondary N) is 9. The first-order valence-corrected chi connectivity index (χ1v) is 26.1. The molecule has 0 aliphatic carbocycles. The molecule has 0 saturated carbocycles. The molecular weight excluding hydrogens is 995 g/mol. The zero-order valence-electron chi connectivity index (χ0n) is 43.6. The van der Waals surface area contributed by atoms with Crippen LogP contribution in [0.25, 0.3) is 0 Å². The number of carbonyl (C=O) groups excluding carboxylic acids is 11. The minimum Gasteiger partial charge on any atom is -0.480 e. The molecule has 74 heavy (non-hydrogen) atoms. The predicted molar refractivity (Wildman–Crippen MR) is 270 cm³/mol. The van der Waals surface area contributed by atoms with Crippen LogP contribution in [0.3, 0.4) is 0 Å². The fourth-order valence-electron chi connectivity index (χ4n) is 6.91. The lowest BCUT2D eigenvalue weighted by Crippen LogP contribution is -2.63. The molecular formula is C45H81N13O15S. The van der Waals surface area contributed by atoms with Gasteiger partial charge in [-0.25, -0.2) is 4.79 Å². The number of aliphatic carboxylic acids is 1. The van der Waals surface area contributed by atoms with Gasteiger partial charge < -0.3 is 81.0 Å². The monoisotopic (exact) mass is 1080 g/mol. The van der Waals surface area contributed by atoms with Crippen LogP contribution in [0.5, 0.6) is 0 Å². The quantitative estimate of drug-likeness (QED) is 0.0203. The third-order valence-electron chi connectivity index (χ3n) is 11.8. The highest BCUT2D eigenvalue weighted by Gasteiger charge is 2.46. The maximum atomic E-state index is 13.9. The fraction of sp³-hybridized carbons (Fsp3) is 0.733. The Kier molecular flexibility index (Phi) is 31.5. The summed E-state index contributed by atoms with van der Waals surface area (Å²) < 4.78 is 11.7. The number of carbonyl (C=O) groups is 12. The Morgan fingerprint density at radius 3 is 1.59 bits per heavy atom. The number of unbranched alkanes of at least 4 members (excludes halogenated alkanes) is 1. The number of nitrogens with two attached hydrogens (primary N) is 4. The lowest BCUT2D eigenvalue weighted by Gasteiger charge is -2.30. The smallest absolute Gasteiger partial charge is 0.331 e. The van der Waals surface area contributed by atoms with E-state index in [1.54, 1.807) is 41.5 Å². The summed E-state index contributed by atoms with van der Waals surface area (Å²) in [5.74, 6) is -13.1. The molecule has 0 bridgehead atoms. The van der Waals surface area contributed by atoms with Gasteiger partial charge in [0.15, 0.2) is 11.3 Å². The number of hydrogen-bond donors (Lipinski definition) is 15. The molecule has 0 aromatic heterocycles. The summed E-state index contributed by atoms with van der Waals surface area (Å²) in [6.45, 7) is 8.96. The van der Waals surface area contributed by atoms with Gasteiger partial charge in [-0.2, -0.15) is 0 Å². The van der Waals surface area contributed by atoms with Crippen molar-refractivity contribution in [3.8, 4) is 0 Å². The summed E-state index contributed by atoms with van der Waals surface area (Å²) >= 11 is 0. The SMILES string of the molecule is CC[C@H](C)[C@H](NC(=O)[C@H](C)NC(=O)CNC(=O)[C@H](CCCCN)NC(=O)[C@H](CC(N)=O)NC(=O)[C@H](CO)NC(=O)CN)C(=O)N[C@H](C(=O)NCC(=O)N[C@@H](CC(C)C)C(=O)C(N)(CCS(C)=O)C(=O)O)[C@@H](C)CC. The van der Waals surface area contributed by atoms with Crippen LogP contribution in [-0.2, 0) is 68.3 Å². The zero-order chi connectivity index (χ0) is 57.0. The van der Waals surface area contributed by atoms with Crippen LogP contribution >= 0.6 is 0 Å². The number of rotatable bonds is 37. The second-order valence-corrected chi connectivity index (χ2v) is 20.0. The van der Waals surface area contributed by atoms with E-state index < -0.39 is 180 Å². The standard InChI is InChI=1S/C45H81N13O15S/c1-9-24(5)35(42(69)51-21-34(63)53-28(17-23(3)4)37(64)45(49,44(71)72)14-16-74(8)73)58-43(70)36(25(6)10-2)57-38(65)26(7)52-33(62)20-50-39(66)27(13-11-12-15-46)55-40(67)29(18-31(48)60)56-41(68)30(22-59)54-32(61)19-47/h23-30,35-36,59H,9-22,46-47,49H2,1-8H3,(H2,48,60)(H,50,66)(H,51,69)(H,52,62)(H,53,63)(H,54,61)(H,55,67)(H,56,68)(H,57,65)(H,58,70)(H,71,72)/t24-,25-,26-,27-,28-,29-,30-,35-,36-,45?,74?/m0/s1. The van der Waals surface area contributed by atoms with E-state index in [9.17, 15) is 72.0 Å². The van der Waals surface area contributed by atoms with Crippen LogP contribution in [-0.4, -0.2) is 178 Å². The maximum absolute atomic E-state index is 13.9. The van der Waals surface area contributed by atoms with E-state index in [1.165, 1.54) is 13.2 Å². The number of ketones is 1. The van der Waals surface area contributed by atoms with Crippen molar-refractivity contribution in [2.24, 2.45) is 40.7 Å². The number of carboxylic acids is 1. The molecule has 0 fully saturated rings. The van der Waals surface area contributed by atoms with E-state index in [0.29, 0.717) is 25.7 Å². The number of hydrogen-bond acceptors (Lipinski definition) is 17. The summed E-state index contributed by atoms with van der Waals surface area (Å²) in [4.78, 5) is 156. The number of aliphatic hydroxyl groups excluding tert-OH is 1. The van der Waals surface area contributed by atoms with E-state index >= 15 is 0 Å². The summed E-state index contributed by atoms with van der Waals surface area (Å²) in [6.07, 6.45) is 1.53. The molecule has 11 atom stereocenters. The lowest BCUT2D eigenvalue weighted by molar-refractivity contribution is -0.150. The molecule has 29 heteroatoms. The molecule has 0 aromatic carbocycles. The van der Waals surface area contributed by atoms with Gasteiger partial charge in [0, 0.05) is 22.8 Å². The number of Topliss-reactive ketones (excluding diaryl/α,β-unsaturated/α-hetero) is 1. The first-order valence-electron chi connectivity index (χ1n) is 24.3. The van der Waals surface area contributed by atoms with Gasteiger partial charge in [0.05, 0.1) is 38.7 Å². The van der Waals surface area contributed by atoms with E-state index in [4.69, 9.17) is 22.9 Å². The van der Waals surface area contributed by atoms with Crippen molar-refractivity contribution in [1.29, 1.82) is 0 Å². The van der Waals surface area contributed by atoms with Crippen LogP contribution in [0.15, 0.2) is 0 Å². The summed E-state index contributed by atoms with van der Waals surface area (Å²) in [6, 6.07) is -9.76. The average molecular weight is 1080 g/mol. The molecule has 0 aromatic rings. The third kappa shape index (κ3) is 24.2. The molecule has 0 saturated heterocycles. The second-order valence-electron chi connectivity index (χ2n) is 18.5. The lowest BCUT2D eigenvalue weighted by atomic mass is 9.84. The van der Waals surface area contributed by atoms with Crippen LogP contribution in [0.1, 0.15) is 99.8 Å². The second kappa shape index (κ2) is 34.3. The normalized spacial score (nSPS) is 16.0. The minimum absolute atomic E-state index is 0.00620. The van der Waals surface area contributed by atoms with Gasteiger partial charge in [-0.05, 0) is 63.3 Å². The summed E-state index contributed by atoms with van der Waals surface area (Å²) in [7, 11) is -1.47. The Bertz CT molecular complexity index is 2000. The van der Waals surface area contributed by atoms with Crippen LogP contribution in [0.2, 0.25) is 0 Å². The molecule has 10 amide bonds. The highest BCUT2D eigenvalue weighted by Crippen LogP contribution is 2.18. The number of amides is 10. The van der Waals surface area contributed by atoms with E-state index in [0.717, 1.165) is 0 Å². The highest BCUT2D eigenvalue weighted by atomic mass is 32.2. The Hall–Kier alpha value is -6.17. The Balaban J connectivity index is 5.99. The first kappa shape index (κ1) is 67.8. The van der Waals surface area contributed by atoms with Crippen molar-refractivity contribution in [2.75, 3.05) is 44.8 Å². The topological polar surface area (TPSA) is 475 Å². The van der Waals surface area contributed by atoms with E-state index in [1.807, 2.05) is 0 Å². The molecule has 0 radical (unpaired) electrons. The largest absolute Gasteiger partial charge is 0.480 e. The Morgan fingerprint density at radius 2 is 1.11 bits per heavy atom. The summed E-state index contributed by atoms with van der Waals surface area (Å²) in [5, 5.41) is 41.0. The van der Waals surface area contributed by atoms with Crippen LogP contribution in [0.4, 0.5) is 0 Å². The van der Waals surface area contributed by atoms with Gasteiger partial charge in [-0.1, -0.05) is 54.4 Å².